The minimum atomic E-state index is -1.70. The molecule has 0 amide bonds. The summed E-state index contributed by atoms with van der Waals surface area (Å²) >= 11 is 0. The molecule has 6 aliphatic rings. The molecular formula is C35H56O10. The fourth-order valence-corrected chi connectivity index (χ4v) is 12.8. The minimum Gasteiger partial charge on any atom is -0.432 e. The second-order valence-corrected chi connectivity index (χ2v) is 17.1. The topological polar surface area (TPSA) is 174 Å². The first-order chi connectivity index (χ1) is 21.0. The van der Waals surface area contributed by atoms with Crippen LogP contribution in [0.5, 0.6) is 0 Å². The number of carbonyl (C=O) groups excluding carboxylic acids is 2. The van der Waals surface area contributed by atoms with Crippen molar-refractivity contribution in [1.82, 2.24) is 0 Å². The van der Waals surface area contributed by atoms with E-state index in [9.17, 15) is 40.2 Å². The van der Waals surface area contributed by atoms with Gasteiger partial charge in [-0.25, -0.2) is 0 Å². The van der Waals surface area contributed by atoms with Crippen LogP contribution in [0.4, 0.5) is 0 Å². The third kappa shape index (κ3) is 4.52. The van der Waals surface area contributed by atoms with E-state index in [-0.39, 0.29) is 45.4 Å². The number of fused-ring (bicyclic) bond motifs is 7. The summed E-state index contributed by atoms with van der Waals surface area (Å²) in [5.74, 6) is -0.771. The van der Waals surface area contributed by atoms with Crippen LogP contribution in [0.1, 0.15) is 98.8 Å². The molecule has 15 unspecified atom stereocenters. The molecule has 10 nitrogen and oxygen atoms in total. The lowest BCUT2D eigenvalue weighted by Crippen LogP contribution is -2.67. The van der Waals surface area contributed by atoms with E-state index in [0.29, 0.717) is 31.1 Å². The van der Waals surface area contributed by atoms with Crippen molar-refractivity contribution in [2.24, 2.45) is 56.7 Å². The summed E-state index contributed by atoms with van der Waals surface area (Å²) in [6.45, 7) is 10.5. The Morgan fingerprint density at radius 2 is 1.47 bits per heavy atom. The van der Waals surface area contributed by atoms with Gasteiger partial charge in [0.25, 0.3) is 0 Å². The van der Waals surface area contributed by atoms with Gasteiger partial charge in [-0.1, -0.05) is 34.6 Å². The highest BCUT2D eigenvalue weighted by Gasteiger charge is 2.72. The van der Waals surface area contributed by atoms with E-state index < -0.39 is 61.2 Å². The van der Waals surface area contributed by atoms with E-state index in [1.807, 2.05) is 0 Å². The molecule has 15 atom stereocenters. The zero-order valence-electron chi connectivity index (χ0n) is 27.7. The van der Waals surface area contributed by atoms with E-state index in [1.54, 1.807) is 0 Å². The van der Waals surface area contributed by atoms with Gasteiger partial charge in [0.2, 0.25) is 6.29 Å². The lowest BCUT2D eigenvalue weighted by Gasteiger charge is -2.72. The van der Waals surface area contributed by atoms with Gasteiger partial charge in [0, 0.05) is 5.92 Å². The summed E-state index contributed by atoms with van der Waals surface area (Å²) in [6, 6.07) is 0. The molecule has 6 fully saturated rings. The van der Waals surface area contributed by atoms with Gasteiger partial charge in [-0.15, -0.1) is 0 Å². The van der Waals surface area contributed by atoms with Crippen LogP contribution in [-0.4, -0.2) is 92.4 Å². The first-order valence-electron chi connectivity index (χ1n) is 17.4. The molecule has 1 saturated heterocycles. The molecule has 256 valence electrons. The predicted octanol–water partition coefficient (Wildman–Crippen LogP) is 2.33. The summed E-state index contributed by atoms with van der Waals surface area (Å²) in [7, 11) is 0. The fourth-order valence-electron chi connectivity index (χ4n) is 12.8. The molecule has 1 aliphatic heterocycles. The van der Waals surface area contributed by atoms with Crippen molar-refractivity contribution in [2.45, 2.75) is 136 Å². The van der Waals surface area contributed by atoms with Crippen LogP contribution in [0.2, 0.25) is 0 Å². The Labute approximate surface area is 266 Å². The van der Waals surface area contributed by atoms with Crippen LogP contribution >= 0.6 is 0 Å². The maximum Gasteiger partial charge on any atom is 0.314 e. The van der Waals surface area contributed by atoms with Crippen molar-refractivity contribution in [3.63, 3.8) is 0 Å². The molecule has 6 N–H and O–H groups in total. The molecule has 0 aromatic heterocycles. The molecule has 0 radical (unpaired) electrons. The number of Topliss-reactive ketones (excluding diaryl/α,β-unsaturated/α-hetero) is 1. The minimum absolute atomic E-state index is 0.0394. The molecule has 0 spiro atoms. The highest BCUT2D eigenvalue weighted by Crippen LogP contribution is 2.77. The van der Waals surface area contributed by atoms with Gasteiger partial charge in [-0.3, -0.25) is 9.59 Å². The largest absolute Gasteiger partial charge is 0.432 e. The monoisotopic (exact) mass is 636 g/mol. The molecule has 45 heavy (non-hydrogen) atoms. The summed E-state index contributed by atoms with van der Waals surface area (Å²) in [4.78, 5) is 27.7. The molecule has 0 aromatic carbocycles. The maximum atomic E-state index is 14.3. The van der Waals surface area contributed by atoms with Gasteiger partial charge >= 0.3 is 5.97 Å². The second-order valence-electron chi connectivity index (χ2n) is 17.1. The fraction of sp³-hybridized carbons (Fsp3) is 0.943. The highest BCUT2D eigenvalue weighted by molar-refractivity contribution is 5.86. The average molecular weight is 637 g/mol. The first-order valence-corrected chi connectivity index (χ1v) is 17.4. The van der Waals surface area contributed by atoms with Gasteiger partial charge in [0.05, 0.1) is 18.1 Å². The van der Waals surface area contributed by atoms with Crippen molar-refractivity contribution in [1.29, 1.82) is 0 Å². The Morgan fingerprint density at radius 1 is 0.756 bits per heavy atom. The van der Waals surface area contributed by atoms with Gasteiger partial charge < -0.3 is 40.1 Å². The van der Waals surface area contributed by atoms with E-state index in [1.165, 1.54) is 0 Å². The normalized spacial score (nSPS) is 53.8. The van der Waals surface area contributed by atoms with E-state index in [4.69, 9.17) is 9.47 Å². The Hall–Kier alpha value is -1.14. The third-order valence-corrected chi connectivity index (χ3v) is 15.5. The first kappa shape index (κ1) is 33.7. The lowest BCUT2D eigenvalue weighted by atomic mass is 9.32. The quantitative estimate of drug-likeness (QED) is 0.246. The van der Waals surface area contributed by atoms with E-state index >= 15 is 0 Å². The standard InChI is InChI=1S/C35H56O10/c1-31(2)22-9-12-34(5)23(32(22,3)11-10-24(31)39)7-6-19-25-18(20(38)16-36)8-13-35(25,15-14-33(19,34)4)30(43)45-29-28(42)27(41)26(40)21(17-37)44-29/h18-19,21-29,36-37,39-42H,6-17H2,1-5H3. The van der Waals surface area contributed by atoms with Crippen molar-refractivity contribution >= 4 is 11.8 Å². The summed E-state index contributed by atoms with van der Waals surface area (Å²) in [6.07, 6.45) is -0.159. The summed E-state index contributed by atoms with van der Waals surface area (Å²) in [5, 5.41) is 61.9. The van der Waals surface area contributed by atoms with Crippen LogP contribution < -0.4 is 0 Å². The average Bonchev–Trinajstić information content (AvgIpc) is 3.40. The number of esters is 1. The number of hydrogen-bond acceptors (Lipinski definition) is 10. The molecule has 0 aromatic rings. The summed E-state index contributed by atoms with van der Waals surface area (Å²) in [5.41, 5.74) is -1.30. The Kier molecular flexibility index (Phi) is 8.41. The number of aliphatic hydroxyl groups is 6. The van der Waals surface area contributed by atoms with Gasteiger partial charge in [-0.05, 0) is 110 Å². The van der Waals surface area contributed by atoms with Crippen LogP contribution in [0.3, 0.4) is 0 Å². The molecule has 10 heteroatoms. The van der Waals surface area contributed by atoms with Crippen LogP contribution in [-0.2, 0) is 19.1 Å². The molecular weight excluding hydrogens is 580 g/mol. The Bertz CT molecular complexity index is 1170. The van der Waals surface area contributed by atoms with E-state index in [2.05, 4.69) is 34.6 Å². The molecule has 1 heterocycles. The highest BCUT2D eigenvalue weighted by atomic mass is 16.7. The smallest absolute Gasteiger partial charge is 0.314 e. The number of ketones is 1. The molecule has 6 rings (SSSR count). The maximum absolute atomic E-state index is 14.3. The van der Waals surface area contributed by atoms with Gasteiger partial charge in [0.1, 0.15) is 31.0 Å². The van der Waals surface area contributed by atoms with Crippen molar-refractivity contribution in [3.8, 4) is 0 Å². The van der Waals surface area contributed by atoms with Crippen molar-refractivity contribution in [2.75, 3.05) is 13.2 Å². The lowest BCUT2D eigenvalue weighted by molar-refractivity contribution is -0.299. The van der Waals surface area contributed by atoms with Gasteiger partial charge in [0.15, 0.2) is 5.78 Å². The van der Waals surface area contributed by atoms with Crippen LogP contribution in [0, 0.1) is 56.7 Å². The molecule has 5 aliphatic carbocycles. The van der Waals surface area contributed by atoms with Crippen LogP contribution in [0.25, 0.3) is 0 Å². The SMILES string of the molecule is CC1(C)C(O)CCC2(C)C1CCC1(C)C2CCC2C3C(C(=O)CO)CCC3(C(=O)OC3OC(CO)C(O)C(O)C3O)CCC21C. The number of carbonyl (C=O) groups is 2. The zero-order valence-corrected chi connectivity index (χ0v) is 27.7. The number of ether oxygens (including phenoxy) is 2. The van der Waals surface area contributed by atoms with Crippen molar-refractivity contribution in [3.05, 3.63) is 0 Å². The number of aliphatic hydroxyl groups excluding tert-OH is 6. The Balaban J connectivity index is 1.34. The van der Waals surface area contributed by atoms with Gasteiger partial charge in [-0.2, -0.15) is 0 Å². The predicted molar refractivity (Wildman–Crippen MR) is 162 cm³/mol. The van der Waals surface area contributed by atoms with Crippen molar-refractivity contribution < 1.29 is 49.7 Å². The van der Waals surface area contributed by atoms with E-state index in [0.717, 1.165) is 44.9 Å². The summed E-state index contributed by atoms with van der Waals surface area (Å²) < 4.78 is 11.4. The second kappa shape index (κ2) is 11.2. The zero-order chi connectivity index (χ0) is 32.9. The Morgan fingerprint density at radius 3 is 2.13 bits per heavy atom. The number of rotatable bonds is 5. The molecule has 0 bridgehead atoms. The number of hydrogen-bond donors (Lipinski definition) is 6. The molecule has 5 saturated carbocycles. The third-order valence-electron chi connectivity index (χ3n) is 15.5. The van der Waals surface area contributed by atoms with Crippen LogP contribution in [0.15, 0.2) is 0 Å².